The second-order valence-corrected chi connectivity index (χ2v) is 6.23. The summed E-state index contributed by atoms with van der Waals surface area (Å²) in [6.07, 6.45) is 2.79. The minimum Gasteiger partial charge on any atom is -0.395 e. The van der Waals surface area contributed by atoms with Crippen LogP contribution in [0.25, 0.3) is 0 Å². The second kappa shape index (κ2) is 6.80. The van der Waals surface area contributed by atoms with Crippen molar-refractivity contribution in [2.75, 3.05) is 38.6 Å². The van der Waals surface area contributed by atoms with Gasteiger partial charge in [0.05, 0.1) is 18.3 Å². The summed E-state index contributed by atoms with van der Waals surface area (Å²) in [6, 6.07) is 0.000344. The van der Waals surface area contributed by atoms with Gasteiger partial charge < -0.3 is 15.3 Å². The van der Waals surface area contributed by atoms with Crippen molar-refractivity contribution in [2.45, 2.75) is 38.8 Å². The Balaban J connectivity index is 1.91. The fraction of sp³-hybridized carbons (Fsp3) is 0.688. The molecule has 0 unspecified atom stereocenters. The van der Waals surface area contributed by atoms with Gasteiger partial charge in [0.25, 0.3) is 0 Å². The van der Waals surface area contributed by atoms with Crippen LogP contribution in [0, 0.1) is 0 Å². The minimum absolute atomic E-state index is 0.000344. The molecule has 1 fully saturated rings. The number of fused-ring (bicyclic) bond motifs is 1. The molecule has 3 rings (SSSR count). The normalized spacial score (nSPS) is 21.3. The molecule has 0 aliphatic carbocycles. The third kappa shape index (κ3) is 3.16. The van der Waals surface area contributed by atoms with Crippen molar-refractivity contribution < 1.29 is 9.90 Å². The van der Waals surface area contributed by atoms with Crippen LogP contribution in [0.3, 0.4) is 0 Å². The number of hydrogen-bond acceptors (Lipinski definition) is 6. The highest BCUT2D eigenvalue weighted by Crippen LogP contribution is 2.32. The number of aliphatic hydroxyl groups is 1. The van der Waals surface area contributed by atoms with E-state index < -0.39 is 0 Å². The zero-order chi connectivity index (χ0) is 16.4. The van der Waals surface area contributed by atoms with Crippen LogP contribution in [0.1, 0.15) is 42.9 Å². The van der Waals surface area contributed by atoms with Crippen LogP contribution in [-0.2, 0) is 17.8 Å². The van der Waals surface area contributed by atoms with Crippen molar-refractivity contribution in [3.05, 3.63) is 17.1 Å². The molecule has 0 saturated carbocycles. The number of aromatic nitrogens is 2. The van der Waals surface area contributed by atoms with Crippen molar-refractivity contribution in [3.8, 4) is 0 Å². The summed E-state index contributed by atoms with van der Waals surface area (Å²) in [5.41, 5.74) is 2.19. The maximum atomic E-state index is 11.8. The fourth-order valence-electron chi connectivity index (χ4n) is 3.59. The van der Waals surface area contributed by atoms with Crippen LogP contribution in [0.4, 0.5) is 5.82 Å². The van der Waals surface area contributed by atoms with Crippen LogP contribution in [0.2, 0.25) is 0 Å². The maximum absolute atomic E-state index is 11.8. The predicted octanol–water partition coefficient (Wildman–Crippen LogP) is 0.552. The number of aliphatic hydroxyl groups excluding tert-OH is 1. The highest BCUT2D eigenvalue weighted by Gasteiger charge is 2.32. The van der Waals surface area contributed by atoms with Crippen molar-refractivity contribution in [1.29, 1.82) is 0 Å². The Hall–Kier alpha value is -1.73. The van der Waals surface area contributed by atoms with Gasteiger partial charge in [-0.25, -0.2) is 9.97 Å². The lowest BCUT2D eigenvalue weighted by atomic mass is 10.0. The van der Waals surface area contributed by atoms with Gasteiger partial charge in [-0.3, -0.25) is 9.69 Å². The number of nitrogens with zero attached hydrogens (tertiary/aromatic N) is 4. The van der Waals surface area contributed by atoms with Crippen LogP contribution >= 0.6 is 0 Å². The largest absolute Gasteiger partial charge is 0.395 e. The molecule has 3 heterocycles. The quantitative estimate of drug-likeness (QED) is 0.843. The Morgan fingerprint density at radius 3 is 2.91 bits per heavy atom. The first-order chi connectivity index (χ1) is 11.1. The summed E-state index contributed by atoms with van der Waals surface area (Å²) in [5, 5.41) is 12.3. The monoisotopic (exact) mass is 319 g/mol. The number of amides is 1. The Morgan fingerprint density at radius 1 is 1.39 bits per heavy atom. The van der Waals surface area contributed by atoms with E-state index in [4.69, 9.17) is 15.1 Å². The molecule has 1 aromatic heterocycles. The molecule has 1 atom stereocenters. The third-order valence-corrected chi connectivity index (χ3v) is 4.76. The average molecular weight is 319 g/mol. The summed E-state index contributed by atoms with van der Waals surface area (Å²) in [7, 11) is 1.87. The Bertz CT molecular complexity index is 575. The number of carbonyl (C=O) groups excluding carboxylic acids is 1. The lowest BCUT2D eigenvalue weighted by molar-refractivity contribution is -0.129. The van der Waals surface area contributed by atoms with Gasteiger partial charge in [-0.05, 0) is 12.8 Å². The first-order valence-electron chi connectivity index (χ1n) is 8.32. The first kappa shape index (κ1) is 16.1. The summed E-state index contributed by atoms with van der Waals surface area (Å²) in [5.74, 6) is 1.70. The zero-order valence-corrected chi connectivity index (χ0v) is 13.9. The second-order valence-electron chi connectivity index (χ2n) is 6.23. The van der Waals surface area contributed by atoms with Crippen LogP contribution in [0.15, 0.2) is 0 Å². The summed E-state index contributed by atoms with van der Waals surface area (Å²) in [6.45, 7) is 4.90. The van der Waals surface area contributed by atoms with E-state index in [2.05, 4.69) is 10.2 Å². The highest BCUT2D eigenvalue weighted by atomic mass is 16.3. The molecule has 0 radical (unpaired) electrons. The molecular formula is C16H25N5O2. The summed E-state index contributed by atoms with van der Waals surface area (Å²) < 4.78 is 0. The third-order valence-electron chi connectivity index (χ3n) is 4.76. The molecule has 1 saturated heterocycles. The van der Waals surface area contributed by atoms with E-state index >= 15 is 0 Å². The molecule has 7 heteroatoms. The van der Waals surface area contributed by atoms with E-state index in [9.17, 15) is 4.79 Å². The van der Waals surface area contributed by atoms with Gasteiger partial charge in [0.1, 0.15) is 5.82 Å². The molecule has 2 aliphatic heterocycles. The smallest absolute Gasteiger partial charge is 0.220 e. The van der Waals surface area contributed by atoms with E-state index in [1.807, 2.05) is 11.9 Å². The Kier molecular flexibility index (Phi) is 4.77. The molecule has 126 valence electrons. The molecule has 0 spiro atoms. The lowest BCUT2D eigenvalue weighted by Gasteiger charge is -2.30. The predicted molar refractivity (Wildman–Crippen MR) is 87.0 cm³/mol. The van der Waals surface area contributed by atoms with Gasteiger partial charge in [-0.15, -0.1) is 0 Å². The van der Waals surface area contributed by atoms with Crippen molar-refractivity contribution in [1.82, 2.24) is 19.8 Å². The topological polar surface area (TPSA) is 81.6 Å². The number of nitrogens with one attached hydrogen (secondary N) is 1. The van der Waals surface area contributed by atoms with Gasteiger partial charge in [-0.1, -0.05) is 0 Å². The van der Waals surface area contributed by atoms with E-state index in [1.165, 1.54) is 0 Å². The average Bonchev–Trinajstić information content (AvgIpc) is 3.04. The standard InChI is InChI=1S/C16H25N5O2/c1-11(23)21-6-3-4-14(21)16-18-13-5-7-20(8-9-22)10-12(13)15(17-2)19-16/h14,22H,3-10H2,1-2H3,(H,17,18,19)/t14-/m1/s1. The number of carbonyl (C=O) groups is 1. The Labute approximate surface area is 136 Å². The lowest BCUT2D eigenvalue weighted by Crippen LogP contribution is -2.35. The number of hydrogen-bond donors (Lipinski definition) is 2. The SMILES string of the molecule is CNc1nc([C@H]2CCCN2C(C)=O)nc2c1CN(CCO)CC2. The van der Waals surface area contributed by atoms with Crippen molar-refractivity contribution >= 4 is 11.7 Å². The van der Waals surface area contributed by atoms with Crippen LogP contribution in [-0.4, -0.2) is 64.1 Å². The van der Waals surface area contributed by atoms with Gasteiger partial charge >= 0.3 is 0 Å². The van der Waals surface area contributed by atoms with E-state index in [-0.39, 0.29) is 18.6 Å². The minimum atomic E-state index is 0.000344. The van der Waals surface area contributed by atoms with Crippen molar-refractivity contribution in [2.24, 2.45) is 0 Å². The Morgan fingerprint density at radius 2 is 2.22 bits per heavy atom. The molecular weight excluding hydrogens is 294 g/mol. The van der Waals surface area contributed by atoms with Gasteiger partial charge in [0.15, 0.2) is 5.82 Å². The van der Waals surface area contributed by atoms with Gasteiger partial charge in [0.2, 0.25) is 5.91 Å². The van der Waals surface area contributed by atoms with E-state index in [0.717, 1.165) is 61.8 Å². The zero-order valence-electron chi connectivity index (χ0n) is 13.9. The molecule has 1 amide bonds. The summed E-state index contributed by atoms with van der Waals surface area (Å²) in [4.78, 5) is 25.4. The number of β-amino-alcohol motifs (C(OH)–C–C–N with tert-alkyl or cyclic N) is 1. The molecule has 23 heavy (non-hydrogen) atoms. The maximum Gasteiger partial charge on any atom is 0.220 e. The highest BCUT2D eigenvalue weighted by molar-refractivity contribution is 5.74. The van der Waals surface area contributed by atoms with E-state index in [1.54, 1.807) is 6.92 Å². The molecule has 7 nitrogen and oxygen atoms in total. The van der Waals surface area contributed by atoms with E-state index in [0.29, 0.717) is 6.54 Å². The number of likely N-dealkylation sites (tertiary alicyclic amines) is 1. The molecule has 0 aromatic carbocycles. The summed E-state index contributed by atoms with van der Waals surface area (Å²) >= 11 is 0. The molecule has 1 aromatic rings. The fourth-order valence-corrected chi connectivity index (χ4v) is 3.59. The van der Waals surface area contributed by atoms with Crippen molar-refractivity contribution in [3.63, 3.8) is 0 Å². The molecule has 2 aliphatic rings. The van der Waals surface area contributed by atoms with Gasteiger partial charge in [-0.2, -0.15) is 0 Å². The molecule has 2 N–H and O–H groups in total. The number of anilines is 1. The van der Waals surface area contributed by atoms with Gasteiger partial charge in [0, 0.05) is 52.1 Å². The first-order valence-corrected chi connectivity index (χ1v) is 8.32. The van der Waals surface area contributed by atoms with Crippen LogP contribution < -0.4 is 5.32 Å². The molecule has 0 bridgehead atoms. The number of rotatable bonds is 4. The van der Waals surface area contributed by atoms with Crippen LogP contribution in [0.5, 0.6) is 0 Å².